The molecular weight excluding hydrogens is 414 g/mol. The summed E-state index contributed by atoms with van der Waals surface area (Å²) in [6, 6.07) is 14.7. The molecule has 4 rings (SSSR count). The quantitative estimate of drug-likeness (QED) is 0.501. The Morgan fingerprint density at radius 3 is 2.61 bits per heavy atom. The third-order valence-corrected chi connectivity index (χ3v) is 5.30. The van der Waals surface area contributed by atoms with E-state index >= 15 is 0 Å². The van der Waals surface area contributed by atoms with E-state index in [9.17, 15) is 4.79 Å². The zero-order valence-corrected chi connectivity index (χ0v) is 17.9. The normalized spacial score (nSPS) is 14.9. The second kappa shape index (κ2) is 10.3. The van der Waals surface area contributed by atoms with Gasteiger partial charge in [-0.15, -0.1) is 0 Å². The number of aromatic nitrogens is 2. The summed E-state index contributed by atoms with van der Waals surface area (Å²) in [6.45, 7) is 1.61. The van der Waals surface area contributed by atoms with Gasteiger partial charge in [0.1, 0.15) is 5.69 Å². The van der Waals surface area contributed by atoms with E-state index in [1.54, 1.807) is 23.2 Å². The average Bonchev–Trinajstić information content (AvgIpc) is 2.79. The maximum Gasteiger partial charge on any atom is 0.272 e. The first kappa shape index (κ1) is 21.1. The standard InChI is InChI=1S/C24H24ClN3O3/c25-19-11-12-20(27-16-19)24(29)28-14-5-1-2-6-15-30-21-9-3-4-10-22(21)31-23-18(17-28)8-7-13-26-23/h3-4,7-13,16H,1-2,5-6,14-15,17H2. The number of benzene rings is 1. The number of carbonyl (C=O) groups excluding carboxylic acids is 1. The highest BCUT2D eigenvalue weighted by Gasteiger charge is 2.20. The second-order valence-corrected chi connectivity index (χ2v) is 7.80. The summed E-state index contributed by atoms with van der Waals surface area (Å²) in [4.78, 5) is 23.6. The van der Waals surface area contributed by atoms with Gasteiger partial charge in [-0.05, 0) is 43.2 Å². The fourth-order valence-corrected chi connectivity index (χ4v) is 3.57. The van der Waals surface area contributed by atoms with Crippen LogP contribution in [0.3, 0.4) is 0 Å². The second-order valence-electron chi connectivity index (χ2n) is 7.37. The topological polar surface area (TPSA) is 64.6 Å². The molecule has 0 bridgehead atoms. The van der Waals surface area contributed by atoms with Gasteiger partial charge in [-0.2, -0.15) is 0 Å². The SMILES string of the molecule is O=C(c1ccc(Cl)cn1)N1CCCCCCOc2ccccc2Oc2ncccc2C1. The fourth-order valence-electron chi connectivity index (χ4n) is 3.46. The summed E-state index contributed by atoms with van der Waals surface area (Å²) in [5.41, 5.74) is 1.19. The lowest BCUT2D eigenvalue weighted by Gasteiger charge is -2.24. The molecular formula is C24H24ClN3O3. The molecule has 0 saturated heterocycles. The molecule has 6 nitrogen and oxygen atoms in total. The van der Waals surface area contributed by atoms with Crippen LogP contribution in [0.1, 0.15) is 41.7 Å². The van der Waals surface area contributed by atoms with Gasteiger partial charge < -0.3 is 14.4 Å². The third-order valence-electron chi connectivity index (χ3n) is 5.08. The van der Waals surface area contributed by atoms with Crippen LogP contribution in [0.2, 0.25) is 5.02 Å². The summed E-state index contributed by atoms with van der Waals surface area (Å²) in [6.07, 6.45) is 7.05. The number of halogens is 1. The number of fused-ring (bicyclic) bond motifs is 2. The van der Waals surface area contributed by atoms with Crippen molar-refractivity contribution in [3.05, 3.63) is 77.2 Å². The molecule has 0 radical (unpaired) electrons. The number of hydrogen-bond acceptors (Lipinski definition) is 5. The Labute approximate surface area is 186 Å². The zero-order chi connectivity index (χ0) is 21.5. The summed E-state index contributed by atoms with van der Waals surface area (Å²) < 4.78 is 12.1. The molecule has 3 aromatic rings. The number of rotatable bonds is 1. The van der Waals surface area contributed by atoms with Crippen molar-refractivity contribution in [2.24, 2.45) is 0 Å². The minimum atomic E-state index is -0.137. The average molecular weight is 438 g/mol. The van der Waals surface area contributed by atoms with E-state index in [4.69, 9.17) is 21.1 Å². The number of ether oxygens (including phenoxy) is 2. The molecule has 3 heterocycles. The van der Waals surface area contributed by atoms with Crippen LogP contribution >= 0.6 is 11.6 Å². The molecule has 0 atom stereocenters. The minimum Gasteiger partial charge on any atom is -0.490 e. The molecule has 1 amide bonds. The molecule has 0 fully saturated rings. The van der Waals surface area contributed by atoms with E-state index in [2.05, 4.69) is 9.97 Å². The van der Waals surface area contributed by atoms with Gasteiger partial charge in [0.05, 0.1) is 18.2 Å². The summed E-state index contributed by atoms with van der Waals surface area (Å²) in [5, 5.41) is 0.501. The Kier molecular flexibility index (Phi) is 6.99. The molecule has 0 unspecified atom stereocenters. The van der Waals surface area contributed by atoms with E-state index in [1.165, 1.54) is 6.20 Å². The highest BCUT2D eigenvalue weighted by atomic mass is 35.5. The lowest BCUT2D eigenvalue weighted by Crippen LogP contribution is -2.32. The van der Waals surface area contributed by atoms with Gasteiger partial charge in [0.15, 0.2) is 11.5 Å². The van der Waals surface area contributed by atoms with Gasteiger partial charge in [-0.3, -0.25) is 4.79 Å². The summed E-state index contributed by atoms with van der Waals surface area (Å²) in [5.74, 6) is 1.62. The molecule has 31 heavy (non-hydrogen) atoms. The predicted molar refractivity (Wildman–Crippen MR) is 119 cm³/mol. The number of hydrogen-bond donors (Lipinski definition) is 0. The first-order chi connectivity index (χ1) is 15.2. The number of nitrogens with zero attached hydrogens (tertiary/aromatic N) is 3. The van der Waals surface area contributed by atoms with E-state index in [0.717, 1.165) is 31.2 Å². The lowest BCUT2D eigenvalue weighted by atomic mass is 10.1. The van der Waals surface area contributed by atoms with Crippen molar-refractivity contribution < 1.29 is 14.3 Å². The van der Waals surface area contributed by atoms with Crippen LogP contribution in [0.25, 0.3) is 0 Å². The minimum absolute atomic E-state index is 0.137. The molecule has 1 aromatic carbocycles. The van der Waals surface area contributed by atoms with Gasteiger partial charge >= 0.3 is 0 Å². The van der Waals surface area contributed by atoms with Crippen LogP contribution in [-0.4, -0.2) is 33.9 Å². The van der Waals surface area contributed by atoms with E-state index in [1.807, 2.05) is 36.4 Å². The number of para-hydroxylation sites is 2. The highest BCUT2D eigenvalue weighted by molar-refractivity contribution is 6.30. The van der Waals surface area contributed by atoms with Gasteiger partial charge in [0.25, 0.3) is 5.91 Å². The maximum absolute atomic E-state index is 13.2. The maximum atomic E-state index is 13.2. The van der Waals surface area contributed by atoms with Crippen molar-refractivity contribution in [3.8, 4) is 17.4 Å². The molecule has 2 aromatic heterocycles. The first-order valence-electron chi connectivity index (χ1n) is 10.4. The summed E-state index contributed by atoms with van der Waals surface area (Å²) in [7, 11) is 0. The van der Waals surface area contributed by atoms with E-state index in [0.29, 0.717) is 47.8 Å². The largest absolute Gasteiger partial charge is 0.490 e. The molecule has 1 aliphatic heterocycles. The Bertz CT molecular complexity index is 1030. The fraction of sp³-hybridized carbons (Fsp3) is 0.292. The van der Waals surface area contributed by atoms with Crippen LogP contribution in [0, 0.1) is 0 Å². The summed E-state index contributed by atoms with van der Waals surface area (Å²) >= 11 is 5.94. The van der Waals surface area contributed by atoms with Crippen molar-refractivity contribution in [1.29, 1.82) is 0 Å². The molecule has 7 heteroatoms. The first-order valence-corrected chi connectivity index (χ1v) is 10.8. The Morgan fingerprint density at radius 1 is 0.935 bits per heavy atom. The lowest BCUT2D eigenvalue weighted by molar-refractivity contribution is 0.0732. The van der Waals surface area contributed by atoms with Crippen LogP contribution in [0.15, 0.2) is 60.9 Å². The van der Waals surface area contributed by atoms with Crippen LogP contribution < -0.4 is 9.47 Å². The Balaban J connectivity index is 1.65. The van der Waals surface area contributed by atoms with Crippen molar-refractivity contribution in [2.75, 3.05) is 13.2 Å². The molecule has 0 saturated carbocycles. The van der Waals surface area contributed by atoms with Gasteiger partial charge in [-0.1, -0.05) is 42.6 Å². The number of carbonyl (C=O) groups is 1. The van der Waals surface area contributed by atoms with Crippen LogP contribution in [-0.2, 0) is 6.54 Å². The molecule has 0 spiro atoms. The van der Waals surface area contributed by atoms with E-state index in [-0.39, 0.29) is 5.91 Å². The monoisotopic (exact) mass is 437 g/mol. The van der Waals surface area contributed by atoms with Crippen LogP contribution in [0.4, 0.5) is 0 Å². The van der Waals surface area contributed by atoms with E-state index < -0.39 is 0 Å². The molecule has 0 aliphatic carbocycles. The molecule has 0 N–H and O–H groups in total. The molecule has 160 valence electrons. The van der Waals surface area contributed by atoms with Crippen molar-refractivity contribution >= 4 is 17.5 Å². The van der Waals surface area contributed by atoms with Gasteiger partial charge in [-0.25, -0.2) is 9.97 Å². The smallest absolute Gasteiger partial charge is 0.272 e. The zero-order valence-electron chi connectivity index (χ0n) is 17.2. The number of amides is 1. The van der Waals surface area contributed by atoms with Gasteiger partial charge in [0.2, 0.25) is 5.88 Å². The van der Waals surface area contributed by atoms with Gasteiger partial charge in [0, 0.05) is 24.5 Å². The van der Waals surface area contributed by atoms with Crippen molar-refractivity contribution in [2.45, 2.75) is 32.2 Å². The molecule has 1 aliphatic rings. The van der Waals surface area contributed by atoms with Crippen LogP contribution in [0.5, 0.6) is 17.4 Å². The Hall–Kier alpha value is -3.12. The Morgan fingerprint density at radius 2 is 1.77 bits per heavy atom. The van der Waals surface area contributed by atoms with Crippen molar-refractivity contribution in [3.63, 3.8) is 0 Å². The van der Waals surface area contributed by atoms with Crippen molar-refractivity contribution in [1.82, 2.24) is 14.9 Å². The third kappa shape index (κ3) is 5.52. The number of pyridine rings is 2. The predicted octanol–water partition coefficient (Wildman–Crippen LogP) is 5.52. The highest BCUT2D eigenvalue weighted by Crippen LogP contribution is 2.32.